The van der Waals surface area contributed by atoms with Crippen LogP contribution in [0.2, 0.25) is 0 Å². The molecule has 172 valence electrons. The summed E-state index contributed by atoms with van der Waals surface area (Å²) in [5, 5.41) is 11.1. The van der Waals surface area contributed by atoms with Crippen molar-refractivity contribution in [2.24, 2.45) is 0 Å². The molecule has 0 unspecified atom stereocenters. The summed E-state index contributed by atoms with van der Waals surface area (Å²) in [5.74, 6) is -4.05. The van der Waals surface area contributed by atoms with Crippen molar-refractivity contribution >= 4 is 17.8 Å². The van der Waals surface area contributed by atoms with E-state index in [4.69, 9.17) is 14.2 Å². The van der Waals surface area contributed by atoms with Gasteiger partial charge in [0.1, 0.15) is 12.7 Å². The van der Waals surface area contributed by atoms with Gasteiger partial charge in [-0.25, -0.2) is 9.59 Å². The van der Waals surface area contributed by atoms with Crippen LogP contribution in [0.5, 0.6) is 0 Å². The summed E-state index contributed by atoms with van der Waals surface area (Å²) < 4.78 is 54.4. The number of benzene rings is 2. The fourth-order valence-electron chi connectivity index (χ4n) is 3.12. The molecule has 11 heteroatoms. The Bertz CT molecular complexity index is 1040. The van der Waals surface area contributed by atoms with Crippen LogP contribution in [0.15, 0.2) is 60.7 Å². The Morgan fingerprint density at radius 2 is 1.52 bits per heavy atom. The van der Waals surface area contributed by atoms with E-state index in [0.717, 1.165) is 0 Å². The van der Waals surface area contributed by atoms with Crippen molar-refractivity contribution in [1.29, 1.82) is 5.26 Å². The summed E-state index contributed by atoms with van der Waals surface area (Å²) in [6, 6.07) is 15.4. The summed E-state index contributed by atoms with van der Waals surface area (Å²) in [5.41, 5.74) is 0.254. The van der Waals surface area contributed by atoms with Crippen molar-refractivity contribution in [2.75, 3.05) is 6.61 Å². The van der Waals surface area contributed by atoms with Crippen molar-refractivity contribution in [3.8, 4) is 6.07 Å². The lowest BCUT2D eigenvalue weighted by Crippen LogP contribution is -2.53. The lowest BCUT2D eigenvalue weighted by molar-refractivity contribution is -0.175. The van der Waals surface area contributed by atoms with E-state index in [1.54, 1.807) is 35.7 Å². The summed E-state index contributed by atoms with van der Waals surface area (Å²) >= 11 is 0. The summed E-state index contributed by atoms with van der Waals surface area (Å²) in [4.78, 5) is 36.2. The second-order valence-electron chi connectivity index (χ2n) is 6.92. The molecule has 0 aliphatic carbocycles. The monoisotopic (exact) mass is 462 g/mol. The third kappa shape index (κ3) is 5.87. The molecule has 0 radical (unpaired) electrons. The average Bonchev–Trinajstić information content (AvgIpc) is 3.14. The minimum atomic E-state index is -5.25. The molecule has 33 heavy (non-hydrogen) atoms. The first-order chi connectivity index (χ1) is 15.7. The highest BCUT2D eigenvalue weighted by Gasteiger charge is 2.51. The number of nitrogens with zero attached hydrogens (tertiary/aromatic N) is 1. The summed E-state index contributed by atoms with van der Waals surface area (Å²) in [6.45, 7) is -0.603. The van der Waals surface area contributed by atoms with Gasteiger partial charge in [-0.15, -0.1) is 0 Å². The number of hydrogen-bond donors (Lipinski definition) is 1. The first-order valence-corrected chi connectivity index (χ1v) is 9.61. The molecule has 1 heterocycles. The van der Waals surface area contributed by atoms with Crippen molar-refractivity contribution < 1.29 is 41.8 Å². The largest absolute Gasteiger partial charge is 0.471 e. The van der Waals surface area contributed by atoms with Gasteiger partial charge in [-0.3, -0.25) is 4.79 Å². The van der Waals surface area contributed by atoms with Gasteiger partial charge < -0.3 is 19.5 Å². The smallest absolute Gasteiger partial charge is 0.459 e. The maximum absolute atomic E-state index is 12.9. The molecule has 0 saturated carbocycles. The Kier molecular flexibility index (Phi) is 7.30. The third-order valence-electron chi connectivity index (χ3n) is 4.70. The van der Waals surface area contributed by atoms with Crippen molar-refractivity contribution in [1.82, 2.24) is 5.32 Å². The Balaban J connectivity index is 1.80. The molecule has 1 aliphatic rings. The van der Waals surface area contributed by atoms with E-state index >= 15 is 0 Å². The predicted molar refractivity (Wildman–Crippen MR) is 105 cm³/mol. The van der Waals surface area contributed by atoms with E-state index in [1.165, 1.54) is 36.4 Å². The van der Waals surface area contributed by atoms with Crippen LogP contribution >= 0.6 is 0 Å². The number of ether oxygens (including phenoxy) is 3. The highest BCUT2D eigenvalue weighted by molar-refractivity contribution is 5.90. The van der Waals surface area contributed by atoms with E-state index in [9.17, 15) is 32.8 Å². The number of rotatable bonds is 6. The van der Waals surface area contributed by atoms with Crippen LogP contribution < -0.4 is 5.32 Å². The number of nitrogens with one attached hydrogen (secondary N) is 1. The molecule has 0 spiro atoms. The lowest BCUT2D eigenvalue weighted by atomic mass is 10.0. The molecule has 1 N–H and O–H groups in total. The fourth-order valence-corrected chi connectivity index (χ4v) is 3.12. The molecule has 1 amide bonds. The molecule has 0 aromatic heterocycles. The first-order valence-electron chi connectivity index (χ1n) is 9.61. The van der Waals surface area contributed by atoms with Crippen LogP contribution in [0.3, 0.4) is 0 Å². The number of esters is 2. The highest BCUT2D eigenvalue weighted by Crippen LogP contribution is 2.27. The van der Waals surface area contributed by atoms with Gasteiger partial charge in [-0.05, 0) is 24.3 Å². The number of halogens is 3. The van der Waals surface area contributed by atoms with E-state index in [2.05, 4.69) is 0 Å². The normalized spacial score (nSPS) is 22.1. The van der Waals surface area contributed by atoms with Gasteiger partial charge in [0, 0.05) is 0 Å². The van der Waals surface area contributed by atoms with Crippen LogP contribution in [-0.2, 0) is 19.0 Å². The molecule has 2 aromatic carbocycles. The molecule has 4 atom stereocenters. The molecule has 1 fully saturated rings. The maximum Gasteiger partial charge on any atom is 0.471 e. The Morgan fingerprint density at radius 1 is 0.970 bits per heavy atom. The van der Waals surface area contributed by atoms with Crippen LogP contribution in [0.25, 0.3) is 0 Å². The van der Waals surface area contributed by atoms with Gasteiger partial charge in [0.15, 0.2) is 12.2 Å². The van der Waals surface area contributed by atoms with E-state index in [-0.39, 0.29) is 11.1 Å². The highest BCUT2D eigenvalue weighted by atomic mass is 19.4. The Labute approximate surface area is 185 Å². The second kappa shape index (κ2) is 10.1. The Morgan fingerprint density at radius 3 is 2.03 bits per heavy atom. The Hall–Kier alpha value is -3.91. The van der Waals surface area contributed by atoms with Gasteiger partial charge in [0.2, 0.25) is 0 Å². The van der Waals surface area contributed by atoms with E-state index < -0.39 is 55.0 Å². The van der Waals surface area contributed by atoms with Gasteiger partial charge in [-0.2, -0.15) is 18.4 Å². The van der Waals surface area contributed by atoms with Crippen molar-refractivity contribution in [2.45, 2.75) is 30.5 Å². The predicted octanol–water partition coefficient (Wildman–Crippen LogP) is 2.41. The standard InChI is InChI=1S/C22H17F3N2O6/c23-22(24,25)21(30)27-17-16(12-31-19(28)13-7-3-1-4-8-13)32-15(11-26)18(17)33-20(29)14-9-5-2-6-10-14/h1-10,15-18H,12H2,(H,27,30)/t15-,16+,17+,18-/m0/s1. The zero-order valence-electron chi connectivity index (χ0n) is 16.8. The minimum absolute atomic E-state index is 0.0778. The molecule has 3 rings (SSSR count). The van der Waals surface area contributed by atoms with Crippen molar-refractivity contribution in [3.63, 3.8) is 0 Å². The van der Waals surface area contributed by atoms with Crippen LogP contribution in [0.4, 0.5) is 13.2 Å². The van der Waals surface area contributed by atoms with Crippen molar-refractivity contribution in [3.05, 3.63) is 71.8 Å². The molecular weight excluding hydrogens is 445 g/mol. The van der Waals surface area contributed by atoms with Gasteiger partial charge in [0.25, 0.3) is 0 Å². The van der Waals surface area contributed by atoms with Gasteiger partial charge in [-0.1, -0.05) is 36.4 Å². The lowest BCUT2D eigenvalue weighted by Gasteiger charge is -2.24. The SMILES string of the molecule is N#C[C@@H]1O[C@H](COC(=O)c2ccccc2)[C@@H](NC(=O)C(F)(F)F)[C@H]1OC(=O)c1ccccc1. The summed E-state index contributed by atoms with van der Waals surface area (Å²) in [7, 11) is 0. The molecular formula is C22H17F3N2O6. The molecule has 2 aromatic rings. The number of carbonyl (C=O) groups excluding carboxylic acids is 3. The number of nitriles is 1. The molecule has 1 aliphatic heterocycles. The van der Waals surface area contributed by atoms with E-state index in [0.29, 0.717) is 0 Å². The fraction of sp³-hybridized carbons (Fsp3) is 0.273. The minimum Gasteiger partial charge on any atom is -0.459 e. The molecule has 8 nitrogen and oxygen atoms in total. The summed E-state index contributed by atoms with van der Waals surface area (Å²) in [6.07, 6.45) is -9.74. The van der Waals surface area contributed by atoms with Gasteiger partial charge in [0.05, 0.1) is 23.2 Å². The third-order valence-corrected chi connectivity index (χ3v) is 4.70. The zero-order chi connectivity index (χ0) is 24.0. The number of hydrogen-bond acceptors (Lipinski definition) is 7. The number of carbonyl (C=O) groups is 3. The van der Waals surface area contributed by atoms with Crippen LogP contribution in [0.1, 0.15) is 20.7 Å². The quantitative estimate of drug-likeness (QED) is 0.656. The van der Waals surface area contributed by atoms with Gasteiger partial charge >= 0.3 is 24.0 Å². The molecule has 0 bridgehead atoms. The topological polar surface area (TPSA) is 115 Å². The maximum atomic E-state index is 12.9. The second-order valence-corrected chi connectivity index (χ2v) is 6.92. The van der Waals surface area contributed by atoms with Crippen LogP contribution in [0, 0.1) is 11.3 Å². The van der Waals surface area contributed by atoms with Crippen LogP contribution in [-0.4, -0.2) is 55.0 Å². The average molecular weight is 462 g/mol. The zero-order valence-corrected chi connectivity index (χ0v) is 16.8. The first kappa shape index (κ1) is 23.7. The number of amides is 1. The molecule has 1 saturated heterocycles. The number of alkyl halides is 3. The van der Waals surface area contributed by atoms with E-state index in [1.807, 2.05) is 0 Å².